The summed E-state index contributed by atoms with van der Waals surface area (Å²) in [7, 11) is 0. The zero-order valence-corrected chi connectivity index (χ0v) is 15.2. The van der Waals surface area contributed by atoms with Gasteiger partial charge in [-0.05, 0) is 78.5 Å². The molecule has 2 nitrogen and oxygen atoms in total. The summed E-state index contributed by atoms with van der Waals surface area (Å²) in [5.41, 5.74) is 3.12. The number of rotatable bonds is 1. The van der Waals surface area contributed by atoms with E-state index in [1.807, 2.05) is 20.8 Å². The first-order valence-corrected chi connectivity index (χ1v) is 9.11. The summed E-state index contributed by atoms with van der Waals surface area (Å²) in [4.78, 5) is 12.7. The highest BCUT2D eigenvalue weighted by Crippen LogP contribution is 2.23. The lowest BCUT2D eigenvalue weighted by Crippen LogP contribution is -2.30. The van der Waals surface area contributed by atoms with Crippen molar-refractivity contribution >= 4 is 17.6 Å². The SMILES string of the molecule is CC(C)(C)OC(=O)C1=c2ccc3c(c2CCC1)CC=c1ccccc1=3. The third kappa shape index (κ3) is 2.90. The molecule has 2 aromatic carbocycles. The molecule has 4 rings (SSSR count). The van der Waals surface area contributed by atoms with Crippen LogP contribution in [0.15, 0.2) is 36.4 Å². The molecular formula is C23H24O2. The van der Waals surface area contributed by atoms with Crippen LogP contribution < -0.4 is 10.4 Å². The van der Waals surface area contributed by atoms with Crippen molar-refractivity contribution in [3.63, 3.8) is 0 Å². The van der Waals surface area contributed by atoms with E-state index < -0.39 is 5.60 Å². The van der Waals surface area contributed by atoms with Crippen LogP contribution in [0.4, 0.5) is 0 Å². The minimum atomic E-state index is -0.456. The van der Waals surface area contributed by atoms with Crippen LogP contribution in [0.3, 0.4) is 0 Å². The fourth-order valence-corrected chi connectivity index (χ4v) is 4.01. The van der Waals surface area contributed by atoms with E-state index in [0.29, 0.717) is 0 Å². The van der Waals surface area contributed by atoms with Crippen molar-refractivity contribution in [2.75, 3.05) is 0 Å². The number of benzene rings is 2. The maximum Gasteiger partial charge on any atom is 0.335 e. The first-order valence-electron chi connectivity index (χ1n) is 9.11. The van der Waals surface area contributed by atoms with Gasteiger partial charge in [0.2, 0.25) is 0 Å². The summed E-state index contributed by atoms with van der Waals surface area (Å²) in [6.07, 6.45) is 6.11. The van der Waals surface area contributed by atoms with Crippen molar-refractivity contribution in [3.8, 4) is 0 Å². The lowest BCUT2D eigenvalue weighted by molar-refractivity contribution is -0.147. The average molecular weight is 332 g/mol. The number of carbonyl (C=O) groups excluding carboxylic acids is 1. The molecule has 0 saturated carbocycles. The minimum Gasteiger partial charge on any atom is -0.457 e. The lowest BCUT2D eigenvalue weighted by Gasteiger charge is -2.24. The smallest absolute Gasteiger partial charge is 0.335 e. The molecule has 0 radical (unpaired) electrons. The molecule has 0 spiro atoms. The van der Waals surface area contributed by atoms with Gasteiger partial charge in [0, 0.05) is 5.57 Å². The highest BCUT2D eigenvalue weighted by molar-refractivity contribution is 6.10. The molecule has 2 aliphatic carbocycles. The molecule has 0 heterocycles. The van der Waals surface area contributed by atoms with E-state index >= 15 is 0 Å². The summed E-state index contributed by atoms with van der Waals surface area (Å²) >= 11 is 0. The molecular weight excluding hydrogens is 308 g/mol. The Hall–Kier alpha value is -2.35. The maximum absolute atomic E-state index is 12.7. The van der Waals surface area contributed by atoms with Crippen LogP contribution in [0, 0.1) is 10.4 Å². The summed E-state index contributed by atoms with van der Waals surface area (Å²) in [6.45, 7) is 5.77. The van der Waals surface area contributed by atoms with E-state index in [-0.39, 0.29) is 5.97 Å². The number of hydrogen-bond acceptors (Lipinski definition) is 2. The lowest BCUT2D eigenvalue weighted by atomic mass is 9.86. The van der Waals surface area contributed by atoms with Gasteiger partial charge in [0.05, 0.1) is 0 Å². The Morgan fingerprint density at radius 2 is 1.68 bits per heavy atom. The van der Waals surface area contributed by atoms with Crippen LogP contribution in [0.25, 0.3) is 11.6 Å². The van der Waals surface area contributed by atoms with Crippen molar-refractivity contribution in [1.29, 1.82) is 0 Å². The van der Waals surface area contributed by atoms with Crippen molar-refractivity contribution < 1.29 is 9.53 Å². The molecule has 0 saturated heterocycles. The van der Waals surface area contributed by atoms with Gasteiger partial charge in [-0.15, -0.1) is 0 Å². The van der Waals surface area contributed by atoms with Gasteiger partial charge in [0.1, 0.15) is 5.60 Å². The molecule has 2 aromatic rings. The van der Waals surface area contributed by atoms with Crippen LogP contribution in [0.5, 0.6) is 0 Å². The fraction of sp³-hybridized carbons (Fsp3) is 0.348. The first kappa shape index (κ1) is 16.1. The maximum atomic E-state index is 12.7. The van der Waals surface area contributed by atoms with E-state index in [9.17, 15) is 4.79 Å². The zero-order valence-electron chi connectivity index (χ0n) is 15.2. The normalized spacial score (nSPS) is 15.6. The predicted octanol–water partition coefficient (Wildman–Crippen LogP) is 3.14. The molecule has 0 aliphatic heterocycles. The largest absolute Gasteiger partial charge is 0.457 e. The van der Waals surface area contributed by atoms with E-state index in [1.165, 1.54) is 26.8 Å². The predicted molar refractivity (Wildman–Crippen MR) is 100 cm³/mol. The average Bonchev–Trinajstić information content (AvgIpc) is 2.59. The molecule has 0 amide bonds. The quantitative estimate of drug-likeness (QED) is 0.750. The van der Waals surface area contributed by atoms with Crippen LogP contribution in [-0.2, 0) is 22.4 Å². The Morgan fingerprint density at radius 3 is 2.48 bits per heavy atom. The third-order valence-corrected chi connectivity index (χ3v) is 5.03. The second kappa shape index (κ2) is 5.87. The molecule has 0 atom stereocenters. The highest BCUT2D eigenvalue weighted by Gasteiger charge is 2.24. The van der Waals surface area contributed by atoms with Gasteiger partial charge >= 0.3 is 5.97 Å². The van der Waals surface area contributed by atoms with Crippen molar-refractivity contribution in [1.82, 2.24) is 0 Å². The molecule has 0 aromatic heterocycles. The molecule has 25 heavy (non-hydrogen) atoms. The van der Waals surface area contributed by atoms with Gasteiger partial charge in [0.25, 0.3) is 0 Å². The van der Waals surface area contributed by atoms with Crippen molar-refractivity contribution in [3.05, 3.63) is 68.4 Å². The number of ether oxygens (including phenoxy) is 1. The van der Waals surface area contributed by atoms with E-state index in [2.05, 4.69) is 42.5 Å². The second-order valence-corrected chi connectivity index (χ2v) is 7.95. The summed E-state index contributed by atoms with van der Waals surface area (Å²) in [5, 5.41) is 5.03. The first-order chi connectivity index (χ1) is 11.9. The van der Waals surface area contributed by atoms with E-state index in [4.69, 9.17) is 4.74 Å². The minimum absolute atomic E-state index is 0.159. The summed E-state index contributed by atoms with van der Waals surface area (Å²) in [5.74, 6) is -0.159. The van der Waals surface area contributed by atoms with E-state index in [1.54, 1.807) is 0 Å². The monoisotopic (exact) mass is 332 g/mol. The van der Waals surface area contributed by atoms with Gasteiger partial charge < -0.3 is 4.74 Å². The molecule has 0 unspecified atom stereocenters. The molecule has 0 bridgehead atoms. The highest BCUT2D eigenvalue weighted by atomic mass is 16.6. The van der Waals surface area contributed by atoms with Crippen LogP contribution in [0.1, 0.15) is 44.7 Å². The Balaban J connectivity index is 1.98. The number of fused-ring (bicyclic) bond motifs is 4. The van der Waals surface area contributed by atoms with Gasteiger partial charge in [-0.25, -0.2) is 4.79 Å². The van der Waals surface area contributed by atoms with Crippen LogP contribution >= 0.6 is 0 Å². The Morgan fingerprint density at radius 1 is 0.920 bits per heavy atom. The molecule has 0 N–H and O–H groups in total. The van der Waals surface area contributed by atoms with Gasteiger partial charge in [0.15, 0.2) is 0 Å². The standard InChI is InChI=1S/C23H24O2/c1-23(2,3)25-22(24)21-10-6-9-17-19-12-11-15-7-4-5-8-16(15)18(19)13-14-20(17)21/h4-5,7-8,11,13-14H,6,9-10,12H2,1-3H3. The molecule has 0 fully saturated rings. The molecule has 2 heteroatoms. The molecule has 128 valence electrons. The number of carbonyl (C=O) groups is 1. The van der Waals surface area contributed by atoms with Gasteiger partial charge in [-0.3, -0.25) is 0 Å². The number of hydrogen-bond donors (Lipinski definition) is 0. The van der Waals surface area contributed by atoms with Crippen molar-refractivity contribution in [2.24, 2.45) is 0 Å². The van der Waals surface area contributed by atoms with E-state index in [0.717, 1.165) is 36.5 Å². The molecule has 2 aliphatic rings. The van der Waals surface area contributed by atoms with Crippen molar-refractivity contribution in [2.45, 2.75) is 52.1 Å². The summed E-state index contributed by atoms with van der Waals surface area (Å²) < 4.78 is 5.65. The Labute approximate surface area is 148 Å². The third-order valence-electron chi connectivity index (χ3n) is 5.03. The van der Waals surface area contributed by atoms with Gasteiger partial charge in [-0.2, -0.15) is 0 Å². The Bertz CT molecular complexity index is 1070. The second-order valence-electron chi connectivity index (χ2n) is 7.95. The fourth-order valence-electron chi connectivity index (χ4n) is 4.01. The number of esters is 1. The van der Waals surface area contributed by atoms with Crippen LogP contribution in [0.2, 0.25) is 0 Å². The summed E-state index contributed by atoms with van der Waals surface area (Å²) in [6, 6.07) is 12.9. The van der Waals surface area contributed by atoms with Gasteiger partial charge in [-0.1, -0.05) is 42.5 Å². The Kier molecular flexibility index (Phi) is 3.79. The topological polar surface area (TPSA) is 26.3 Å². The zero-order chi connectivity index (χ0) is 17.6. The van der Waals surface area contributed by atoms with Crippen LogP contribution in [-0.4, -0.2) is 11.6 Å².